The van der Waals surface area contributed by atoms with Crippen LogP contribution in [-0.2, 0) is 0 Å². The molecule has 1 heterocycles. The van der Waals surface area contributed by atoms with Gasteiger partial charge in [0.05, 0.1) is 0 Å². The van der Waals surface area contributed by atoms with E-state index in [1.165, 1.54) is 0 Å². The maximum absolute atomic E-state index is 4.09. The summed E-state index contributed by atoms with van der Waals surface area (Å²) in [6, 6.07) is 3.72. The van der Waals surface area contributed by atoms with Crippen LogP contribution in [0, 0.1) is 0 Å². The van der Waals surface area contributed by atoms with E-state index in [9.17, 15) is 0 Å². The first-order chi connectivity index (χ1) is 3.80. The van der Waals surface area contributed by atoms with Crippen molar-refractivity contribution >= 4 is 28.6 Å². The Balaban J connectivity index is 3.13. The van der Waals surface area contributed by atoms with Gasteiger partial charge in [0.15, 0.2) is 0 Å². The van der Waals surface area contributed by atoms with E-state index in [0.717, 1.165) is 9.50 Å². The lowest BCUT2D eigenvalue weighted by Crippen LogP contribution is -1.72. The number of rotatable bonds is 0. The average Bonchev–Trinajstić information content (AvgIpc) is 1.77. The Morgan fingerprint density at radius 2 is 2.38 bits per heavy atom. The third-order valence-electron chi connectivity index (χ3n) is 0.739. The van der Waals surface area contributed by atoms with Crippen molar-refractivity contribution in [2.45, 2.75) is 4.90 Å². The van der Waals surface area contributed by atoms with Crippen LogP contribution in [-0.4, -0.2) is 4.98 Å². The molecule has 0 radical (unpaired) electrons. The quantitative estimate of drug-likeness (QED) is 0.488. The standard InChI is InChI=1S/C5H4BrNS/c6-5-4(8)2-1-3-7-5/h1-3,8H. The largest absolute Gasteiger partial charge is 0.248 e. The van der Waals surface area contributed by atoms with Gasteiger partial charge in [0.1, 0.15) is 4.60 Å². The van der Waals surface area contributed by atoms with Crippen LogP contribution in [0.2, 0.25) is 0 Å². The van der Waals surface area contributed by atoms with Gasteiger partial charge < -0.3 is 0 Å². The molecule has 0 fully saturated rings. The summed E-state index contributed by atoms with van der Waals surface area (Å²) < 4.78 is 0.795. The summed E-state index contributed by atoms with van der Waals surface area (Å²) in [6.07, 6.45) is 1.71. The monoisotopic (exact) mass is 189 g/mol. The van der Waals surface area contributed by atoms with E-state index in [0.29, 0.717) is 0 Å². The first kappa shape index (κ1) is 6.11. The van der Waals surface area contributed by atoms with Crippen molar-refractivity contribution in [2.75, 3.05) is 0 Å². The van der Waals surface area contributed by atoms with Gasteiger partial charge >= 0.3 is 0 Å². The van der Waals surface area contributed by atoms with Crippen molar-refractivity contribution in [3.05, 3.63) is 22.9 Å². The van der Waals surface area contributed by atoms with Gasteiger partial charge in [-0.25, -0.2) is 4.98 Å². The summed E-state index contributed by atoms with van der Waals surface area (Å²) in [5.41, 5.74) is 0. The summed E-state index contributed by atoms with van der Waals surface area (Å²) in [7, 11) is 0. The normalized spacial score (nSPS) is 9.25. The molecule has 0 aliphatic heterocycles. The number of halogens is 1. The van der Waals surface area contributed by atoms with Crippen molar-refractivity contribution in [1.29, 1.82) is 0 Å². The van der Waals surface area contributed by atoms with Crippen LogP contribution in [0.5, 0.6) is 0 Å². The van der Waals surface area contributed by atoms with Gasteiger partial charge in [0, 0.05) is 11.1 Å². The predicted octanol–water partition coefficient (Wildman–Crippen LogP) is 2.13. The molecule has 0 aliphatic carbocycles. The smallest absolute Gasteiger partial charge is 0.119 e. The number of aromatic nitrogens is 1. The molecule has 1 aromatic heterocycles. The number of pyridine rings is 1. The molecule has 0 spiro atoms. The first-order valence-electron chi connectivity index (χ1n) is 2.10. The van der Waals surface area contributed by atoms with Gasteiger partial charge in [-0.3, -0.25) is 0 Å². The van der Waals surface area contributed by atoms with E-state index in [1.54, 1.807) is 6.20 Å². The highest BCUT2D eigenvalue weighted by molar-refractivity contribution is 9.10. The zero-order valence-electron chi connectivity index (χ0n) is 4.00. The predicted molar refractivity (Wildman–Crippen MR) is 39.2 cm³/mol. The maximum Gasteiger partial charge on any atom is 0.119 e. The Morgan fingerprint density at radius 3 is 2.75 bits per heavy atom. The van der Waals surface area contributed by atoms with Gasteiger partial charge in [-0.2, -0.15) is 0 Å². The minimum absolute atomic E-state index is 0.795. The van der Waals surface area contributed by atoms with E-state index in [1.807, 2.05) is 12.1 Å². The number of thiol groups is 1. The Bertz CT molecular complexity index is 169. The number of hydrogen-bond acceptors (Lipinski definition) is 2. The van der Waals surface area contributed by atoms with E-state index in [4.69, 9.17) is 0 Å². The zero-order chi connectivity index (χ0) is 5.98. The first-order valence-corrected chi connectivity index (χ1v) is 3.34. The van der Waals surface area contributed by atoms with Crippen molar-refractivity contribution in [2.24, 2.45) is 0 Å². The summed E-state index contributed by atoms with van der Waals surface area (Å²) in [5, 5.41) is 0. The molecule has 3 heteroatoms. The van der Waals surface area contributed by atoms with E-state index >= 15 is 0 Å². The fraction of sp³-hybridized carbons (Fsp3) is 0. The Kier molecular flexibility index (Phi) is 1.91. The average molecular weight is 190 g/mol. The minimum Gasteiger partial charge on any atom is -0.248 e. The molecule has 0 unspecified atom stereocenters. The van der Waals surface area contributed by atoms with Crippen molar-refractivity contribution in [1.82, 2.24) is 4.98 Å². The van der Waals surface area contributed by atoms with E-state index < -0.39 is 0 Å². The summed E-state index contributed by atoms with van der Waals surface area (Å²) in [5.74, 6) is 0. The van der Waals surface area contributed by atoms with Gasteiger partial charge in [-0.05, 0) is 28.1 Å². The van der Waals surface area contributed by atoms with Gasteiger partial charge in [-0.1, -0.05) is 0 Å². The molecular formula is C5H4BrNS. The zero-order valence-corrected chi connectivity index (χ0v) is 6.48. The highest BCUT2D eigenvalue weighted by atomic mass is 79.9. The summed E-state index contributed by atoms with van der Waals surface area (Å²) in [4.78, 5) is 4.79. The van der Waals surface area contributed by atoms with Gasteiger partial charge in [-0.15, -0.1) is 12.6 Å². The molecule has 42 valence electrons. The van der Waals surface area contributed by atoms with Crippen LogP contribution in [0.1, 0.15) is 0 Å². The molecule has 0 N–H and O–H groups in total. The Hall–Kier alpha value is -0.0200. The molecular weight excluding hydrogens is 186 g/mol. The Morgan fingerprint density at radius 1 is 1.62 bits per heavy atom. The molecule has 0 saturated heterocycles. The summed E-state index contributed by atoms with van der Waals surface area (Å²) in [6.45, 7) is 0. The van der Waals surface area contributed by atoms with Crippen LogP contribution in [0.4, 0.5) is 0 Å². The van der Waals surface area contributed by atoms with Crippen molar-refractivity contribution < 1.29 is 0 Å². The molecule has 0 atom stereocenters. The van der Waals surface area contributed by atoms with E-state index in [-0.39, 0.29) is 0 Å². The second kappa shape index (κ2) is 2.51. The lowest BCUT2D eigenvalue weighted by atomic mass is 10.5. The third kappa shape index (κ3) is 1.23. The molecule has 0 aliphatic rings. The molecule has 1 aromatic rings. The van der Waals surface area contributed by atoms with Crippen LogP contribution < -0.4 is 0 Å². The van der Waals surface area contributed by atoms with Crippen LogP contribution in [0.3, 0.4) is 0 Å². The highest BCUT2D eigenvalue weighted by Crippen LogP contribution is 2.15. The molecule has 0 saturated carbocycles. The fourth-order valence-corrected chi connectivity index (χ4v) is 0.772. The molecule has 0 amide bonds. The van der Waals surface area contributed by atoms with Crippen molar-refractivity contribution in [3.63, 3.8) is 0 Å². The number of hydrogen-bond donors (Lipinski definition) is 1. The minimum atomic E-state index is 0.795. The lowest BCUT2D eigenvalue weighted by Gasteiger charge is -1.89. The fourth-order valence-electron chi connectivity index (χ4n) is 0.378. The van der Waals surface area contributed by atoms with Crippen molar-refractivity contribution in [3.8, 4) is 0 Å². The maximum atomic E-state index is 4.09. The van der Waals surface area contributed by atoms with Gasteiger partial charge in [0.2, 0.25) is 0 Å². The summed E-state index contributed by atoms with van der Waals surface area (Å²) >= 11 is 7.30. The van der Waals surface area contributed by atoms with Crippen LogP contribution in [0.15, 0.2) is 27.8 Å². The van der Waals surface area contributed by atoms with Gasteiger partial charge in [0.25, 0.3) is 0 Å². The number of nitrogens with zero attached hydrogens (tertiary/aromatic N) is 1. The second-order valence-electron chi connectivity index (χ2n) is 1.31. The topological polar surface area (TPSA) is 12.9 Å². The molecule has 0 bridgehead atoms. The lowest BCUT2D eigenvalue weighted by molar-refractivity contribution is 1.19. The van der Waals surface area contributed by atoms with Crippen LogP contribution in [0.25, 0.3) is 0 Å². The molecule has 1 nitrogen and oxygen atoms in total. The van der Waals surface area contributed by atoms with E-state index in [2.05, 4.69) is 33.5 Å². The molecule has 0 aromatic carbocycles. The SMILES string of the molecule is Sc1cccnc1Br. The molecule has 8 heavy (non-hydrogen) atoms. The Labute approximate surface area is 61.7 Å². The third-order valence-corrected chi connectivity index (χ3v) is 2.04. The molecule has 1 rings (SSSR count). The second-order valence-corrected chi connectivity index (χ2v) is 2.55. The highest BCUT2D eigenvalue weighted by Gasteiger charge is 1.88. The van der Waals surface area contributed by atoms with Crippen LogP contribution >= 0.6 is 28.6 Å².